The molecule has 0 saturated carbocycles. The summed E-state index contributed by atoms with van der Waals surface area (Å²) in [6.45, 7) is 6.60. The van der Waals surface area contributed by atoms with Crippen molar-refractivity contribution in [2.45, 2.75) is 19.9 Å². The van der Waals surface area contributed by atoms with Crippen molar-refractivity contribution < 1.29 is 0 Å². The molecule has 0 bridgehead atoms. The summed E-state index contributed by atoms with van der Waals surface area (Å²) in [6, 6.07) is 6.65. The molecule has 1 aliphatic rings. The van der Waals surface area contributed by atoms with Crippen molar-refractivity contribution in [3.05, 3.63) is 28.2 Å². The fourth-order valence-corrected chi connectivity index (χ4v) is 3.44. The molecule has 1 aromatic carbocycles. The van der Waals surface area contributed by atoms with Crippen LogP contribution in [0, 0.1) is 0 Å². The van der Waals surface area contributed by atoms with Crippen LogP contribution in [0.2, 0.25) is 0 Å². The molecule has 0 amide bonds. The fourth-order valence-electron chi connectivity index (χ4n) is 2.18. The third kappa shape index (κ3) is 3.90. The smallest absolute Gasteiger partial charge is 0.0423 e. The van der Waals surface area contributed by atoms with Crippen molar-refractivity contribution in [1.29, 1.82) is 0 Å². The highest BCUT2D eigenvalue weighted by molar-refractivity contribution is 9.10. The number of hydrogen-bond donors (Lipinski definition) is 1. The predicted octanol–water partition coefficient (Wildman–Crippen LogP) is 3.50. The number of anilines is 1. The zero-order valence-electron chi connectivity index (χ0n) is 10.9. The molecular weight excluding hydrogens is 308 g/mol. The predicted molar refractivity (Wildman–Crippen MR) is 85.7 cm³/mol. The van der Waals surface area contributed by atoms with Gasteiger partial charge in [0.2, 0.25) is 0 Å². The molecule has 4 heteroatoms. The lowest BCUT2D eigenvalue weighted by molar-refractivity contribution is 0.672. The summed E-state index contributed by atoms with van der Waals surface area (Å²) in [4.78, 5) is 2.52. The van der Waals surface area contributed by atoms with Crippen molar-refractivity contribution in [1.82, 2.24) is 5.32 Å². The minimum atomic E-state index is 0.972. The molecule has 0 spiro atoms. The Hall–Kier alpha value is -0.190. The van der Waals surface area contributed by atoms with Crippen molar-refractivity contribution in [2.75, 3.05) is 36.0 Å². The van der Waals surface area contributed by atoms with E-state index in [0.29, 0.717) is 0 Å². The van der Waals surface area contributed by atoms with Gasteiger partial charge in [0.05, 0.1) is 0 Å². The molecule has 0 radical (unpaired) electrons. The maximum absolute atomic E-state index is 3.59. The highest BCUT2D eigenvalue weighted by atomic mass is 79.9. The molecular formula is C14H21BrN2S. The van der Waals surface area contributed by atoms with Crippen molar-refractivity contribution in [3.8, 4) is 0 Å². The number of nitrogens with zero attached hydrogens (tertiary/aromatic N) is 1. The van der Waals surface area contributed by atoms with E-state index in [1.807, 2.05) is 0 Å². The molecule has 1 heterocycles. The van der Waals surface area contributed by atoms with Gasteiger partial charge in [-0.05, 0) is 30.7 Å². The highest BCUT2D eigenvalue weighted by Crippen LogP contribution is 2.27. The van der Waals surface area contributed by atoms with E-state index in [9.17, 15) is 0 Å². The molecule has 0 aromatic heterocycles. The Balaban J connectivity index is 2.11. The van der Waals surface area contributed by atoms with Crippen LogP contribution in [0.3, 0.4) is 0 Å². The molecule has 1 aromatic rings. The van der Waals surface area contributed by atoms with E-state index < -0.39 is 0 Å². The molecule has 18 heavy (non-hydrogen) atoms. The van der Waals surface area contributed by atoms with Crippen LogP contribution in [0.25, 0.3) is 0 Å². The van der Waals surface area contributed by atoms with Crippen LogP contribution >= 0.6 is 27.7 Å². The molecule has 100 valence electrons. The van der Waals surface area contributed by atoms with E-state index >= 15 is 0 Å². The zero-order valence-corrected chi connectivity index (χ0v) is 13.3. The van der Waals surface area contributed by atoms with E-state index in [2.05, 4.69) is 63.0 Å². The standard InChI is InChI=1S/C14H21BrN2S/c1-2-5-16-11-12-3-4-13(15)10-14(12)17-6-8-18-9-7-17/h3-4,10,16H,2,5-9,11H2,1H3. The Kier molecular flexibility index (Phi) is 5.86. The first kappa shape index (κ1) is 14.2. The van der Waals surface area contributed by atoms with Crippen LogP contribution in [-0.4, -0.2) is 31.1 Å². The van der Waals surface area contributed by atoms with Gasteiger partial charge in [0.1, 0.15) is 0 Å². The topological polar surface area (TPSA) is 15.3 Å². The molecule has 2 rings (SSSR count). The van der Waals surface area contributed by atoms with Crippen LogP contribution in [0.15, 0.2) is 22.7 Å². The van der Waals surface area contributed by atoms with Gasteiger partial charge in [0.15, 0.2) is 0 Å². The van der Waals surface area contributed by atoms with Gasteiger partial charge in [-0.1, -0.05) is 28.9 Å². The lowest BCUT2D eigenvalue weighted by Crippen LogP contribution is -2.33. The van der Waals surface area contributed by atoms with Gasteiger partial charge in [-0.15, -0.1) is 0 Å². The summed E-state index contributed by atoms with van der Waals surface area (Å²) in [5, 5.41) is 3.50. The molecule has 0 unspecified atom stereocenters. The lowest BCUT2D eigenvalue weighted by Gasteiger charge is -2.30. The monoisotopic (exact) mass is 328 g/mol. The van der Waals surface area contributed by atoms with Gasteiger partial charge in [0, 0.05) is 41.3 Å². The third-order valence-corrected chi connectivity index (χ3v) is 4.58. The Bertz CT molecular complexity index is 378. The van der Waals surface area contributed by atoms with Crippen LogP contribution in [0.1, 0.15) is 18.9 Å². The Labute approximate surface area is 123 Å². The minimum Gasteiger partial charge on any atom is -0.370 e. The second-order valence-corrected chi connectivity index (χ2v) is 6.69. The second-order valence-electron chi connectivity index (χ2n) is 4.55. The van der Waals surface area contributed by atoms with Crippen LogP contribution in [-0.2, 0) is 6.54 Å². The summed E-state index contributed by atoms with van der Waals surface area (Å²) in [7, 11) is 0. The van der Waals surface area contributed by atoms with E-state index in [1.54, 1.807) is 0 Å². The molecule has 1 fully saturated rings. The van der Waals surface area contributed by atoms with Gasteiger partial charge < -0.3 is 10.2 Å². The van der Waals surface area contributed by atoms with E-state index in [4.69, 9.17) is 0 Å². The Morgan fingerprint density at radius 2 is 2.11 bits per heavy atom. The zero-order chi connectivity index (χ0) is 12.8. The van der Waals surface area contributed by atoms with Crippen molar-refractivity contribution >= 4 is 33.4 Å². The van der Waals surface area contributed by atoms with E-state index in [-0.39, 0.29) is 0 Å². The fraction of sp³-hybridized carbons (Fsp3) is 0.571. The van der Waals surface area contributed by atoms with Crippen LogP contribution in [0.5, 0.6) is 0 Å². The average Bonchev–Trinajstić information content (AvgIpc) is 2.41. The van der Waals surface area contributed by atoms with Crippen LogP contribution < -0.4 is 10.2 Å². The summed E-state index contributed by atoms with van der Waals surface area (Å²) >= 11 is 5.65. The van der Waals surface area contributed by atoms with E-state index in [1.165, 1.54) is 46.7 Å². The normalized spacial score (nSPS) is 16.0. The molecule has 1 N–H and O–H groups in total. The number of rotatable bonds is 5. The molecule has 2 nitrogen and oxygen atoms in total. The van der Waals surface area contributed by atoms with Gasteiger partial charge in [-0.2, -0.15) is 11.8 Å². The Morgan fingerprint density at radius 3 is 2.83 bits per heavy atom. The van der Waals surface area contributed by atoms with E-state index in [0.717, 1.165) is 13.1 Å². The first-order valence-electron chi connectivity index (χ1n) is 6.63. The summed E-state index contributed by atoms with van der Waals surface area (Å²) in [6.07, 6.45) is 1.19. The van der Waals surface area contributed by atoms with Gasteiger partial charge in [0.25, 0.3) is 0 Å². The number of halogens is 1. The summed E-state index contributed by atoms with van der Waals surface area (Å²) < 4.78 is 1.18. The molecule has 0 atom stereocenters. The third-order valence-electron chi connectivity index (χ3n) is 3.14. The van der Waals surface area contributed by atoms with Gasteiger partial charge >= 0.3 is 0 Å². The van der Waals surface area contributed by atoms with Crippen LogP contribution in [0.4, 0.5) is 5.69 Å². The van der Waals surface area contributed by atoms with Crippen molar-refractivity contribution in [2.24, 2.45) is 0 Å². The van der Waals surface area contributed by atoms with Gasteiger partial charge in [-0.3, -0.25) is 0 Å². The maximum Gasteiger partial charge on any atom is 0.0423 e. The largest absolute Gasteiger partial charge is 0.370 e. The molecule has 1 saturated heterocycles. The number of benzene rings is 1. The number of nitrogens with one attached hydrogen (secondary N) is 1. The van der Waals surface area contributed by atoms with Gasteiger partial charge in [-0.25, -0.2) is 0 Å². The molecule has 0 aliphatic carbocycles. The SMILES string of the molecule is CCCNCc1ccc(Br)cc1N1CCSCC1. The summed E-state index contributed by atoms with van der Waals surface area (Å²) in [5.74, 6) is 2.49. The first-order valence-corrected chi connectivity index (χ1v) is 8.58. The minimum absolute atomic E-state index is 0.972. The second kappa shape index (κ2) is 7.41. The number of thioether (sulfide) groups is 1. The highest BCUT2D eigenvalue weighted by Gasteiger charge is 2.14. The van der Waals surface area contributed by atoms with Crippen molar-refractivity contribution in [3.63, 3.8) is 0 Å². The Morgan fingerprint density at radius 1 is 1.33 bits per heavy atom. The molecule has 1 aliphatic heterocycles. The number of hydrogen-bond acceptors (Lipinski definition) is 3. The quantitative estimate of drug-likeness (QED) is 0.833. The first-order chi connectivity index (χ1) is 8.81. The average molecular weight is 329 g/mol. The maximum atomic E-state index is 3.59. The summed E-state index contributed by atoms with van der Waals surface area (Å²) in [5.41, 5.74) is 2.81. The lowest BCUT2D eigenvalue weighted by atomic mass is 10.1.